The zero-order valence-corrected chi connectivity index (χ0v) is 19.5. The topological polar surface area (TPSA) is 115 Å². The fraction of sp³-hybridized carbons (Fsp3) is 0.308. The highest BCUT2D eigenvalue weighted by atomic mass is 16.5. The van der Waals surface area contributed by atoms with E-state index in [0.717, 1.165) is 29.4 Å². The number of aryl methyl sites for hydroxylation is 1. The van der Waals surface area contributed by atoms with Gasteiger partial charge < -0.3 is 24.1 Å². The molecule has 0 spiro atoms. The van der Waals surface area contributed by atoms with Crippen molar-refractivity contribution in [2.75, 3.05) is 20.2 Å². The normalized spacial score (nSPS) is 12.7. The highest BCUT2D eigenvalue weighted by molar-refractivity contribution is 5.92. The predicted octanol–water partition coefficient (Wildman–Crippen LogP) is 2.57. The second-order valence-corrected chi connectivity index (χ2v) is 8.56. The molecule has 0 unspecified atom stereocenters. The lowest BCUT2D eigenvalue weighted by Crippen LogP contribution is -2.40. The summed E-state index contributed by atoms with van der Waals surface area (Å²) < 4.78 is 16.1. The number of benzene rings is 2. The second kappa shape index (κ2) is 10.4. The summed E-state index contributed by atoms with van der Waals surface area (Å²) in [6.07, 6.45) is 1.93. The van der Waals surface area contributed by atoms with Crippen LogP contribution in [0.2, 0.25) is 0 Å². The van der Waals surface area contributed by atoms with Crippen LogP contribution in [-0.2, 0) is 20.9 Å². The zero-order chi connectivity index (χ0) is 24.9. The van der Waals surface area contributed by atoms with Crippen LogP contribution >= 0.6 is 0 Å². The first-order chi connectivity index (χ1) is 16.8. The Kier molecular flexibility index (Phi) is 7.14. The molecule has 182 valence electrons. The molecule has 1 fully saturated rings. The van der Waals surface area contributed by atoms with Gasteiger partial charge in [-0.1, -0.05) is 12.1 Å². The van der Waals surface area contributed by atoms with Crippen molar-refractivity contribution in [3.05, 3.63) is 75.6 Å². The maximum Gasteiger partial charge on any atom is 0.338 e. The Bertz CT molecular complexity index is 1310. The van der Waals surface area contributed by atoms with Crippen molar-refractivity contribution in [3.8, 4) is 5.75 Å². The van der Waals surface area contributed by atoms with E-state index in [0.29, 0.717) is 16.9 Å². The van der Waals surface area contributed by atoms with Crippen LogP contribution in [0.1, 0.15) is 34.3 Å². The molecule has 1 saturated carbocycles. The monoisotopic (exact) mass is 478 g/mol. The number of rotatable bonds is 9. The van der Waals surface area contributed by atoms with Crippen molar-refractivity contribution in [3.63, 3.8) is 0 Å². The van der Waals surface area contributed by atoms with Gasteiger partial charge in [0.2, 0.25) is 5.91 Å². The molecule has 1 aliphatic carbocycles. The van der Waals surface area contributed by atoms with Crippen LogP contribution in [0.25, 0.3) is 11.0 Å². The number of carbonyl (C=O) groups is 3. The number of ether oxygens (including phenoxy) is 2. The lowest BCUT2D eigenvalue weighted by molar-refractivity contribution is -0.137. The molecule has 9 nitrogen and oxygen atoms in total. The molecule has 0 bridgehead atoms. The van der Waals surface area contributed by atoms with E-state index in [1.54, 1.807) is 36.4 Å². The number of carbonyl (C=O) groups excluding carboxylic acids is 3. The summed E-state index contributed by atoms with van der Waals surface area (Å²) in [7, 11) is 1.49. The molecule has 0 atom stereocenters. The van der Waals surface area contributed by atoms with Crippen LogP contribution < -0.4 is 15.7 Å². The molecule has 1 heterocycles. The molecule has 9 heteroatoms. The molecule has 0 saturated heterocycles. The first-order valence-corrected chi connectivity index (χ1v) is 11.2. The summed E-state index contributed by atoms with van der Waals surface area (Å²) in [4.78, 5) is 49.0. The van der Waals surface area contributed by atoms with Crippen LogP contribution in [0.15, 0.2) is 57.7 Å². The fourth-order valence-electron chi connectivity index (χ4n) is 3.42. The molecule has 4 rings (SSSR count). The molecule has 2 aromatic carbocycles. The second-order valence-electron chi connectivity index (χ2n) is 8.56. The molecule has 3 aromatic rings. The van der Waals surface area contributed by atoms with Crippen molar-refractivity contribution >= 4 is 28.8 Å². The van der Waals surface area contributed by atoms with E-state index in [4.69, 9.17) is 13.9 Å². The fourth-order valence-corrected chi connectivity index (χ4v) is 3.42. The third-order valence-corrected chi connectivity index (χ3v) is 5.59. The summed E-state index contributed by atoms with van der Waals surface area (Å²) in [5.74, 6) is -0.781. The number of esters is 1. The zero-order valence-electron chi connectivity index (χ0n) is 19.5. The summed E-state index contributed by atoms with van der Waals surface area (Å²) in [6, 6.07) is 13.6. The van der Waals surface area contributed by atoms with Crippen LogP contribution in [-0.4, -0.2) is 48.9 Å². The third-order valence-electron chi connectivity index (χ3n) is 5.59. The van der Waals surface area contributed by atoms with E-state index < -0.39 is 24.1 Å². The Hall–Kier alpha value is -4.14. The molecule has 1 aromatic heterocycles. The Morgan fingerprint density at radius 2 is 1.83 bits per heavy atom. The lowest BCUT2D eigenvalue weighted by Gasteiger charge is -2.16. The highest BCUT2D eigenvalue weighted by Crippen LogP contribution is 2.23. The molecule has 1 aliphatic rings. The van der Waals surface area contributed by atoms with E-state index in [9.17, 15) is 19.2 Å². The number of fused-ring (bicyclic) bond motifs is 1. The average molecular weight is 479 g/mol. The third kappa shape index (κ3) is 6.47. The maximum absolute atomic E-state index is 12.3. The van der Waals surface area contributed by atoms with Crippen LogP contribution in [0, 0.1) is 6.92 Å². The van der Waals surface area contributed by atoms with Crippen LogP contribution in [0.3, 0.4) is 0 Å². The molecule has 35 heavy (non-hydrogen) atoms. The van der Waals surface area contributed by atoms with Gasteiger partial charge in [0.1, 0.15) is 17.9 Å². The minimum atomic E-state index is -0.637. The standard InChI is InChI=1S/C26H26N2O7/c1-16-11-25(31)35-22-12-20(9-10-21(16)22)33-14-17-3-5-18(6-4-17)26(32)34-15-24(30)28(2)13-23(29)27-19-7-8-19/h3-6,9-12,19H,7-8,13-15H2,1-2H3,(H,27,29). The Balaban J connectivity index is 1.26. The molecule has 2 amide bonds. The number of amides is 2. The number of likely N-dealkylation sites (N-methyl/N-ethyl adjacent to an activating group) is 1. The minimum absolute atomic E-state index is 0.0788. The quantitative estimate of drug-likeness (QED) is 0.371. The SMILES string of the molecule is Cc1cc(=O)oc2cc(OCc3ccc(C(=O)OCC(=O)N(C)CC(=O)NC4CC4)cc3)ccc12. The van der Waals surface area contributed by atoms with E-state index in [1.807, 2.05) is 13.0 Å². The molecular weight excluding hydrogens is 452 g/mol. The smallest absolute Gasteiger partial charge is 0.338 e. The Labute approximate surface area is 201 Å². The molecular formula is C26H26N2O7. The van der Waals surface area contributed by atoms with Gasteiger partial charge >= 0.3 is 11.6 Å². The van der Waals surface area contributed by atoms with Gasteiger partial charge in [-0.05, 0) is 55.2 Å². The number of nitrogens with one attached hydrogen (secondary N) is 1. The van der Waals surface area contributed by atoms with Crippen LogP contribution in [0.5, 0.6) is 5.75 Å². The van der Waals surface area contributed by atoms with E-state index in [1.165, 1.54) is 18.0 Å². The van der Waals surface area contributed by atoms with Gasteiger partial charge in [-0.25, -0.2) is 9.59 Å². The minimum Gasteiger partial charge on any atom is -0.489 e. The van der Waals surface area contributed by atoms with Gasteiger partial charge in [0, 0.05) is 30.6 Å². The van der Waals surface area contributed by atoms with Gasteiger partial charge in [0.25, 0.3) is 5.91 Å². The van der Waals surface area contributed by atoms with Crippen molar-refractivity contribution in [1.29, 1.82) is 0 Å². The summed E-state index contributed by atoms with van der Waals surface area (Å²) >= 11 is 0. The predicted molar refractivity (Wildman–Crippen MR) is 127 cm³/mol. The lowest BCUT2D eigenvalue weighted by atomic mass is 10.1. The summed E-state index contributed by atoms with van der Waals surface area (Å²) in [5, 5.41) is 3.64. The number of nitrogens with zero attached hydrogens (tertiary/aromatic N) is 1. The molecule has 0 aliphatic heterocycles. The number of hydrogen-bond donors (Lipinski definition) is 1. The number of hydrogen-bond acceptors (Lipinski definition) is 7. The average Bonchev–Trinajstić information content (AvgIpc) is 3.64. The van der Waals surface area contributed by atoms with Gasteiger partial charge in [0.15, 0.2) is 6.61 Å². The maximum atomic E-state index is 12.3. The largest absolute Gasteiger partial charge is 0.489 e. The van der Waals surface area contributed by atoms with E-state index in [-0.39, 0.29) is 25.1 Å². The van der Waals surface area contributed by atoms with Gasteiger partial charge in [-0.3, -0.25) is 9.59 Å². The first-order valence-electron chi connectivity index (χ1n) is 11.2. The van der Waals surface area contributed by atoms with Crippen molar-refractivity contribution in [2.24, 2.45) is 0 Å². The molecule has 0 radical (unpaired) electrons. The Morgan fingerprint density at radius 1 is 1.09 bits per heavy atom. The van der Waals surface area contributed by atoms with Crippen molar-refractivity contribution in [1.82, 2.24) is 10.2 Å². The highest BCUT2D eigenvalue weighted by Gasteiger charge is 2.24. The van der Waals surface area contributed by atoms with Gasteiger partial charge in [-0.15, -0.1) is 0 Å². The van der Waals surface area contributed by atoms with Gasteiger partial charge in [-0.2, -0.15) is 0 Å². The summed E-state index contributed by atoms with van der Waals surface area (Å²) in [6.45, 7) is 1.55. The van der Waals surface area contributed by atoms with Gasteiger partial charge in [0.05, 0.1) is 12.1 Å². The van der Waals surface area contributed by atoms with Crippen molar-refractivity contribution in [2.45, 2.75) is 32.4 Å². The van der Waals surface area contributed by atoms with E-state index >= 15 is 0 Å². The Morgan fingerprint density at radius 3 is 2.54 bits per heavy atom. The summed E-state index contributed by atoms with van der Waals surface area (Å²) in [5.41, 5.74) is 1.97. The van der Waals surface area contributed by atoms with E-state index in [2.05, 4.69) is 5.32 Å². The van der Waals surface area contributed by atoms with Crippen molar-refractivity contribution < 1.29 is 28.3 Å². The van der Waals surface area contributed by atoms with Crippen LogP contribution in [0.4, 0.5) is 0 Å². The first kappa shape index (κ1) is 24.0. The molecule has 1 N–H and O–H groups in total.